The molecule has 1 aromatic carbocycles. The summed E-state index contributed by atoms with van der Waals surface area (Å²) in [5.41, 5.74) is 0.140. The van der Waals surface area contributed by atoms with E-state index in [1.54, 1.807) is 23.7 Å². The van der Waals surface area contributed by atoms with Crippen molar-refractivity contribution < 1.29 is 12.6 Å². The molecule has 0 aliphatic rings. The van der Waals surface area contributed by atoms with Gasteiger partial charge in [0, 0.05) is 12.1 Å². The van der Waals surface area contributed by atoms with Gasteiger partial charge in [0.15, 0.2) is 0 Å². The van der Waals surface area contributed by atoms with E-state index in [1.165, 1.54) is 12.3 Å². The number of nitrogens with zero attached hydrogens (tertiary/aromatic N) is 1. The highest BCUT2D eigenvalue weighted by molar-refractivity contribution is 7.86. The fourth-order valence-electron chi connectivity index (χ4n) is 1.66. The van der Waals surface area contributed by atoms with Gasteiger partial charge in [-0.25, -0.2) is 0 Å². The van der Waals surface area contributed by atoms with Crippen molar-refractivity contribution in [3.05, 3.63) is 39.6 Å². The highest BCUT2D eigenvalue weighted by Gasteiger charge is 2.13. The quantitative estimate of drug-likeness (QED) is 0.786. The third kappa shape index (κ3) is 2.49. The number of aromatic nitrogens is 1. The Morgan fingerprint density at radius 3 is 2.61 bits per heavy atom. The zero-order valence-electron chi connectivity index (χ0n) is 9.68. The second-order valence-electron chi connectivity index (χ2n) is 3.88. The molecule has 96 valence electrons. The molecular formula is C11H10ClNO4S. The van der Waals surface area contributed by atoms with Crippen LogP contribution < -0.4 is 9.61 Å². The van der Waals surface area contributed by atoms with Crippen molar-refractivity contribution in [3.63, 3.8) is 0 Å². The van der Waals surface area contributed by atoms with Crippen molar-refractivity contribution in [2.45, 2.75) is 0 Å². The molecule has 0 fully saturated rings. The lowest BCUT2D eigenvalue weighted by Crippen LogP contribution is -2.16. The summed E-state index contributed by atoms with van der Waals surface area (Å²) < 4.78 is 28.4. The molecule has 1 heterocycles. The van der Waals surface area contributed by atoms with Gasteiger partial charge in [0.25, 0.3) is 0 Å². The first-order valence-corrected chi connectivity index (χ1v) is 7.16. The molecule has 0 saturated heterocycles. The monoisotopic (exact) mass is 287 g/mol. The van der Waals surface area contributed by atoms with Crippen LogP contribution in [-0.4, -0.2) is 19.2 Å². The molecule has 0 spiro atoms. The Hall–Kier alpha value is -1.53. The molecule has 2 aromatic rings. The van der Waals surface area contributed by atoms with Gasteiger partial charge >= 0.3 is 10.1 Å². The van der Waals surface area contributed by atoms with Gasteiger partial charge in [-0.05, 0) is 18.2 Å². The van der Waals surface area contributed by atoms with Gasteiger partial charge in [0.1, 0.15) is 0 Å². The first-order valence-electron chi connectivity index (χ1n) is 4.96. The Kier molecular flexibility index (Phi) is 3.08. The molecule has 0 saturated carbocycles. The number of aryl methyl sites for hydroxylation is 1. The van der Waals surface area contributed by atoms with E-state index < -0.39 is 15.5 Å². The van der Waals surface area contributed by atoms with Crippen LogP contribution in [0.3, 0.4) is 0 Å². The lowest BCUT2D eigenvalue weighted by Gasteiger charge is -2.09. The fraction of sp³-hybridized carbons (Fsp3) is 0.182. The van der Waals surface area contributed by atoms with Crippen molar-refractivity contribution >= 4 is 32.6 Å². The first kappa shape index (κ1) is 12.9. The number of benzene rings is 1. The normalized spacial score (nSPS) is 11.7. The van der Waals surface area contributed by atoms with Gasteiger partial charge in [-0.15, -0.1) is 0 Å². The predicted octanol–water partition coefficient (Wildman–Crippen LogP) is 1.53. The van der Waals surface area contributed by atoms with E-state index in [9.17, 15) is 13.2 Å². The number of pyridine rings is 1. The predicted molar refractivity (Wildman–Crippen MR) is 69.7 cm³/mol. The van der Waals surface area contributed by atoms with E-state index >= 15 is 0 Å². The van der Waals surface area contributed by atoms with E-state index in [0.717, 1.165) is 6.26 Å². The van der Waals surface area contributed by atoms with Gasteiger partial charge < -0.3 is 8.75 Å². The molecule has 2 rings (SSSR count). The van der Waals surface area contributed by atoms with E-state index in [0.29, 0.717) is 15.9 Å². The molecule has 0 aliphatic heterocycles. The van der Waals surface area contributed by atoms with Crippen LogP contribution in [0.15, 0.2) is 29.2 Å². The average Bonchev–Trinajstić information content (AvgIpc) is 2.23. The lowest BCUT2D eigenvalue weighted by atomic mass is 10.2. The van der Waals surface area contributed by atoms with Crippen LogP contribution in [-0.2, 0) is 17.2 Å². The summed E-state index contributed by atoms with van der Waals surface area (Å²) in [6.45, 7) is 0. The van der Waals surface area contributed by atoms with Crippen LogP contribution in [0.4, 0.5) is 0 Å². The number of halogens is 1. The maximum atomic E-state index is 12.0. The molecule has 0 unspecified atom stereocenters. The van der Waals surface area contributed by atoms with Crippen LogP contribution in [0.2, 0.25) is 5.02 Å². The number of fused-ring (bicyclic) bond motifs is 1. The molecule has 0 bridgehead atoms. The smallest absolute Gasteiger partial charge is 0.306 e. The molecule has 0 aliphatic carbocycles. The van der Waals surface area contributed by atoms with Gasteiger partial charge in [0.05, 0.1) is 23.4 Å². The third-order valence-corrected chi connectivity index (χ3v) is 3.08. The number of hydrogen-bond acceptors (Lipinski definition) is 4. The summed E-state index contributed by atoms with van der Waals surface area (Å²) in [5, 5.41) is 0.710. The first-order chi connectivity index (χ1) is 8.28. The molecule has 1 aromatic heterocycles. The fourth-order valence-corrected chi connectivity index (χ4v) is 2.27. The Bertz CT molecular complexity index is 779. The standard InChI is InChI=1S/C11H10ClNO4S/c1-13-6-10(17-18(2,15)16)11(14)8-5-7(12)3-4-9(8)13/h3-6H,1-2H3. The van der Waals surface area contributed by atoms with Crippen LogP contribution in [0.5, 0.6) is 5.75 Å². The summed E-state index contributed by atoms with van der Waals surface area (Å²) in [4.78, 5) is 12.0. The van der Waals surface area contributed by atoms with Crippen molar-refractivity contribution in [3.8, 4) is 5.75 Å². The summed E-state index contributed by atoms with van der Waals surface area (Å²) in [6, 6.07) is 4.82. The SMILES string of the molecule is Cn1cc(OS(C)(=O)=O)c(=O)c2cc(Cl)ccc21. The number of hydrogen-bond donors (Lipinski definition) is 0. The summed E-state index contributed by atoms with van der Waals surface area (Å²) in [5.74, 6) is -0.241. The average molecular weight is 288 g/mol. The van der Waals surface area contributed by atoms with Crippen LogP contribution in [0.1, 0.15) is 0 Å². The second-order valence-corrected chi connectivity index (χ2v) is 5.89. The Morgan fingerprint density at radius 1 is 1.33 bits per heavy atom. The Labute approximate surface area is 109 Å². The maximum Gasteiger partial charge on any atom is 0.306 e. The summed E-state index contributed by atoms with van der Waals surface area (Å²) in [7, 11) is -2.06. The lowest BCUT2D eigenvalue weighted by molar-refractivity contribution is 0.488. The molecule has 0 N–H and O–H groups in total. The Balaban J connectivity index is 2.79. The van der Waals surface area contributed by atoms with Gasteiger partial charge in [-0.3, -0.25) is 4.79 Å². The maximum absolute atomic E-state index is 12.0. The van der Waals surface area contributed by atoms with E-state index in [4.69, 9.17) is 11.6 Å². The number of rotatable bonds is 2. The van der Waals surface area contributed by atoms with Gasteiger partial charge in [-0.1, -0.05) is 11.6 Å². The minimum absolute atomic E-state index is 0.241. The zero-order valence-corrected chi connectivity index (χ0v) is 11.2. The van der Waals surface area contributed by atoms with Crippen molar-refractivity contribution in [1.82, 2.24) is 4.57 Å². The van der Waals surface area contributed by atoms with Crippen LogP contribution >= 0.6 is 11.6 Å². The van der Waals surface area contributed by atoms with Crippen LogP contribution in [0, 0.1) is 0 Å². The molecule has 7 heteroatoms. The minimum atomic E-state index is -3.74. The second kappa shape index (κ2) is 4.29. The minimum Gasteiger partial charge on any atom is -0.377 e. The zero-order chi connectivity index (χ0) is 13.5. The summed E-state index contributed by atoms with van der Waals surface area (Å²) >= 11 is 5.82. The van der Waals surface area contributed by atoms with Crippen molar-refractivity contribution in [2.75, 3.05) is 6.26 Å². The van der Waals surface area contributed by atoms with Crippen molar-refractivity contribution in [1.29, 1.82) is 0 Å². The summed E-state index contributed by atoms with van der Waals surface area (Å²) in [6.07, 6.45) is 2.22. The van der Waals surface area contributed by atoms with Crippen molar-refractivity contribution in [2.24, 2.45) is 7.05 Å². The molecule has 0 radical (unpaired) electrons. The molecule has 5 nitrogen and oxygen atoms in total. The van der Waals surface area contributed by atoms with E-state index in [-0.39, 0.29) is 5.75 Å². The largest absolute Gasteiger partial charge is 0.377 e. The third-order valence-electron chi connectivity index (χ3n) is 2.36. The van der Waals surface area contributed by atoms with E-state index in [2.05, 4.69) is 4.18 Å². The highest BCUT2D eigenvalue weighted by atomic mass is 35.5. The molecule has 0 amide bonds. The molecule has 18 heavy (non-hydrogen) atoms. The van der Waals surface area contributed by atoms with Crippen LogP contribution in [0.25, 0.3) is 10.9 Å². The molecule has 0 atom stereocenters. The Morgan fingerprint density at radius 2 is 2.00 bits per heavy atom. The highest BCUT2D eigenvalue weighted by Crippen LogP contribution is 2.19. The molecular weight excluding hydrogens is 278 g/mol. The topological polar surface area (TPSA) is 65.4 Å². The van der Waals surface area contributed by atoms with E-state index in [1.807, 2.05) is 0 Å². The van der Waals surface area contributed by atoms with Gasteiger partial charge in [0.2, 0.25) is 11.2 Å². The van der Waals surface area contributed by atoms with Gasteiger partial charge in [-0.2, -0.15) is 8.42 Å².